The maximum atomic E-state index is 5.67. The van der Waals surface area contributed by atoms with E-state index in [0.717, 1.165) is 37.6 Å². The van der Waals surface area contributed by atoms with Gasteiger partial charge in [0.15, 0.2) is 5.96 Å². The average molecular weight is 523 g/mol. The molecular weight excluding hydrogens is 489 g/mol. The Morgan fingerprint density at radius 2 is 1.79 bits per heavy atom. The molecule has 0 bridgehead atoms. The van der Waals surface area contributed by atoms with E-state index in [1.807, 2.05) is 12.1 Å². The summed E-state index contributed by atoms with van der Waals surface area (Å²) in [6, 6.07) is 3.71. The van der Waals surface area contributed by atoms with Crippen molar-refractivity contribution in [3.63, 3.8) is 0 Å². The van der Waals surface area contributed by atoms with Crippen LogP contribution in [0.15, 0.2) is 17.1 Å². The molecule has 1 unspecified atom stereocenters. The zero-order chi connectivity index (χ0) is 20.4. The molecule has 0 radical (unpaired) electrons. The zero-order valence-electron chi connectivity index (χ0n) is 18.0. The number of guanidine groups is 1. The summed E-state index contributed by atoms with van der Waals surface area (Å²) in [6.07, 6.45) is 1.09. The van der Waals surface area contributed by atoms with Crippen LogP contribution >= 0.6 is 24.0 Å². The quantitative estimate of drug-likeness (QED) is 0.219. The maximum absolute atomic E-state index is 5.67. The van der Waals surface area contributed by atoms with Gasteiger partial charge in [0, 0.05) is 45.3 Å². The van der Waals surface area contributed by atoms with Gasteiger partial charge in [0.05, 0.1) is 53.3 Å². The summed E-state index contributed by atoms with van der Waals surface area (Å²) >= 11 is 0. The van der Waals surface area contributed by atoms with Gasteiger partial charge < -0.3 is 33.9 Å². The second-order valence-corrected chi connectivity index (χ2v) is 6.58. The minimum absolute atomic E-state index is 0. The van der Waals surface area contributed by atoms with Crippen LogP contribution in [0.25, 0.3) is 0 Å². The van der Waals surface area contributed by atoms with E-state index >= 15 is 0 Å². The Kier molecular flexibility index (Phi) is 12.1. The Morgan fingerprint density at radius 1 is 1.10 bits per heavy atom. The molecule has 1 atom stereocenters. The Labute approximate surface area is 190 Å². The maximum Gasteiger partial charge on any atom is 0.193 e. The van der Waals surface area contributed by atoms with Gasteiger partial charge in [-0.05, 0) is 6.42 Å². The van der Waals surface area contributed by atoms with E-state index in [-0.39, 0.29) is 24.0 Å². The average Bonchev–Trinajstić information content (AvgIpc) is 3.20. The lowest BCUT2D eigenvalue weighted by atomic mass is 10.1. The minimum Gasteiger partial charge on any atom is -0.496 e. The number of nitrogens with one attached hydrogen (secondary N) is 1. The molecule has 166 valence electrons. The number of methoxy groups -OCH3 is 4. The molecule has 0 aromatic heterocycles. The monoisotopic (exact) mass is 523 g/mol. The van der Waals surface area contributed by atoms with Crippen LogP contribution in [0.3, 0.4) is 0 Å². The van der Waals surface area contributed by atoms with E-state index in [9.17, 15) is 0 Å². The first-order valence-electron chi connectivity index (χ1n) is 9.47. The summed E-state index contributed by atoms with van der Waals surface area (Å²) in [5.74, 6) is 3.48. The van der Waals surface area contributed by atoms with Crippen LogP contribution in [0, 0.1) is 5.92 Å². The van der Waals surface area contributed by atoms with Gasteiger partial charge in [-0.25, -0.2) is 0 Å². The van der Waals surface area contributed by atoms with Crippen LogP contribution < -0.4 is 19.5 Å². The molecule has 1 aliphatic heterocycles. The van der Waals surface area contributed by atoms with Gasteiger partial charge in [-0.1, -0.05) is 0 Å². The Balaban J connectivity index is 0.00000420. The first-order valence-corrected chi connectivity index (χ1v) is 9.47. The second-order valence-electron chi connectivity index (χ2n) is 6.58. The standard InChI is InChI=1S/C20H33N3O5.HI/c1-21-20(23-7-6-15(13-23)14-28-9-8-24-2)22-12-17-18(26-4)10-16(25-3)11-19(17)27-5;/h10-11,15H,6-9,12-14H2,1-5H3,(H,21,22);1H. The molecule has 0 spiro atoms. The number of hydrogen-bond donors (Lipinski definition) is 1. The molecule has 1 N–H and O–H groups in total. The highest BCUT2D eigenvalue weighted by molar-refractivity contribution is 14.0. The number of halogens is 1. The lowest BCUT2D eigenvalue weighted by molar-refractivity contribution is 0.0536. The predicted octanol–water partition coefficient (Wildman–Crippen LogP) is 2.39. The zero-order valence-corrected chi connectivity index (χ0v) is 20.4. The molecule has 0 aliphatic carbocycles. The number of ether oxygens (including phenoxy) is 5. The topological polar surface area (TPSA) is 73.8 Å². The van der Waals surface area contributed by atoms with E-state index in [1.54, 1.807) is 35.5 Å². The number of rotatable bonds is 10. The van der Waals surface area contributed by atoms with E-state index in [0.29, 0.717) is 42.9 Å². The van der Waals surface area contributed by atoms with Crippen molar-refractivity contribution in [2.45, 2.75) is 13.0 Å². The fourth-order valence-corrected chi connectivity index (χ4v) is 3.31. The molecular formula is C20H34IN3O5. The van der Waals surface area contributed by atoms with E-state index in [2.05, 4.69) is 15.2 Å². The number of benzene rings is 1. The van der Waals surface area contributed by atoms with Crippen molar-refractivity contribution in [2.75, 3.05) is 68.4 Å². The summed E-state index contributed by atoms with van der Waals surface area (Å²) in [6.45, 7) is 4.42. The first-order chi connectivity index (χ1) is 13.7. The number of hydrogen-bond acceptors (Lipinski definition) is 6. The summed E-state index contributed by atoms with van der Waals surface area (Å²) in [7, 11) is 8.38. The van der Waals surface area contributed by atoms with E-state index in [4.69, 9.17) is 23.7 Å². The van der Waals surface area contributed by atoms with Crippen LogP contribution in [0.5, 0.6) is 17.2 Å². The van der Waals surface area contributed by atoms with Crippen molar-refractivity contribution >= 4 is 29.9 Å². The summed E-state index contributed by atoms with van der Waals surface area (Å²) in [5, 5.41) is 3.43. The van der Waals surface area contributed by atoms with Gasteiger partial charge in [-0.15, -0.1) is 24.0 Å². The fourth-order valence-electron chi connectivity index (χ4n) is 3.31. The Morgan fingerprint density at radius 3 is 2.34 bits per heavy atom. The molecule has 1 aliphatic rings. The van der Waals surface area contributed by atoms with Crippen molar-refractivity contribution in [2.24, 2.45) is 10.9 Å². The highest BCUT2D eigenvalue weighted by atomic mass is 127. The highest BCUT2D eigenvalue weighted by Gasteiger charge is 2.25. The molecule has 1 aromatic rings. The molecule has 29 heavy (non-hydrogen) atoms. The van der Waals surface area contributed by atoms with E-state index in [1.165, 1.54) is 0 Å². The van der Waals surface area contributed by atoms with E-state index < -0.39 is 0 Å². The lowest BCUT2D eigenvalue weighted by Gasteiger charge is -2.23. The van der Waals surface area contributed by atoms with Crippen LogP contribution in [0.1, 0.15) is 12.0 Å². The Hall–Kier alpha value is -1.46. The van der Waals surface area contributed by atoms with Gasteiger partial charge in [0.2, 0.25) is 0 Å². The van der Waals surface area contributed by atoms with Gasteiger partial charge in [-0.3, -0.25) is 4.99 Å². The third-order valence-electron chi connectivity index (χ3n) is 4.82. The van der Waals surface area contributed by atoms with Crippen LogP contribution in [0.2, 0.25) is 0 Å². The Bertz CT molecular complexity index is 620. The SMILES string of the molecule is CN=C(NCc1c(OC)cc(OC)cc1OC)N1CCC(COCCOC)C1.I. The van der Waals surface area contributed by atoms with Crippen molar-refractivity contribution in [3.05, 3.63) is 17.7 Å². The lowest BCUT2D eigenvalue weighted by Crippen LogP contribution is -2.40. The normalized spacial score (nSPS) is 16.4. The fraction of sp³-hybridized carbons (Fsp3) is 0.650. The predicted molar refractivity (Wildman–Crippen MR) is 124 cm³/mol. The molecule has 0 saturated carbocycles. The molecule has 2 rings (SSSR count). The van der Waals surface area contributed by atoms with Crippen molar-refractivity contribution in [1.82, 2.24) is 10.2 Å². The molecule has 1 heterocycles. The molecule has 0 amide bonds. The summed E-state index contributed by atoms with van der Waals surface area (Å²) < 4.78 is 27.0. The van der Waals surface area contributed by atoms with Gasteiger partial charge >= 0.3 is 0 Å². The summed E-state index contributed by atoms with van der Waals surface area (Å²) in [5.41, 5.74) is 0.922. The third-order valence-corrected chi connectivity index (χ3v) is 4.82. The third kappa shape index (κ3) is 7.38. The molecule has 1 aromatic carbocycles. The molecule has 1 saturated heterocycles. The van der Waals surface area contributed by atoms with Crippen LogP contribution in [-0.2, 0) is 16.0 Å². The number of nitrogens with zero attached hydrogens (tertiary/aromatic N) is 2. The number of aliphatic imine (C=N–C) groups is 1. The number of likely N-dealkylation sites (tertiary alicyclic amines) is 1. The van der Waals surface area contributed by atoms with Gasteiger partial charge in [0.25, 0.3) is 0 Å². The molecule has 1 fully saturated rings. The van der Waals surface area contributed by atoms with Crippen molar-refractivity contribution in [3.8, 4) is 17.2 Å². The van der Waals surface area contributed by atoms with Crippen LogP contribution in [0.4, 0.5) is 0 Å². The minimum atomic E-state index is 0. The largest absolute Gasteiger partial charge is 0.496 e. The van der Waals surface area contributed by atoms with Crippen molar-refractivity contribution < 1.29 is 23.7 Å². The van der Waals surface area contributed by atoms with Crippen molar-refractivity contribution in [1.29, 1.82) is 0 Å². The first kappa shape index (κ1) is 25.6. The van der Waals surface area contributed by atoms with Crippen LogP contribution in [-0.4, -0.2) is 79.3 Å². The smallest absolute Gasteiger partial charge is 0.193 e. The second kappa shape index (κ2) is 13.7. The molecule has 9 heteroatoms. The van der Waals surface area contributed by atoms with Gasteiger partial charge in [-0.2, -0.15) is 0 Å². The summed E-state index contributed by atoms with van der Waals surface area (Å²) in [4.78, 5) is 6.70. The highest BCUT2D eigenvalue weighted by Crippen LogP contribution is 2.34. The molecule has 8 nitrogen and oxygen atoms in total. The van der Waals surface area contributed by atoms with Gasteiger partial charge in [0.1, 0.15) is 17.2 Å².